The van der Waals surface area contributed by atoms with Crippen LogP contribution in [0.3, 0.4) is 0 Å². The molecule has 2 saturated heterocycles. The van der Waals surface area contributed by atoms with Crippen LogP contribution in [-0.4, -0.2) is 44.6 Å². The Morgan fingerprint density at radius 3 is 2.53 bits per heavy atom. The Bertz CT molecular complexity index is 393. The maximum atomic E-state index is 11.9. The number of carbonyl (C=O) groups is 3. The van der Waals surface area contributed by atoms with Crippen LogP contribution in [0.1, 0.15) is 20.8 Å². The second kappa shape index (κ2) is 4.18. The van der Waals surface area contributed by atoms with Crippen LogP contribution in [0.15, 0.2) is 0 Å². The van der Waals surface area contributed by atoms with Crippen molar-refractivity contribution in [3.05, 3.63) is 0 Å². The molecule has 2 rings (SSSR count). The molecule has 0 aromatic rings. The number of amides is 3. The molecule has 2 heterocycles. The molecule has 0 aromatic heterocycles. The predicted molar refractivity (Wildman–Crippen MR) is 63.8 cm³/mol. The van der Waals surface area contributed by atoms with Gasteiger partial charge >= 0.3 is 6.09 Å². The Hall–Kier alpha value is -0.730. The van der Waals surface area contributed by atoms with E-state index in [-0.39, 0.29) is 6.54 Å². The van der Waals surface area contributed by atoms with E-state index in [0.717, 1.165) is 0 Å². The number of ether oxygens (including phenoxy) is 1. The molecule has 2 aliphatic rings. The van der Waals surface area contributed by atoms with Crippen LogP contribution in [-0.2, 0) is 14.3 Å². The average molecular weight is 276 g/mol. The fourth-order valence-electron chi connectivity index (χ4n) is 1.36. The van der Waals surface area contributed by atoms with Crippen molar-refractivity contribution >= 4 is 39.7 Å². The smallest absolute Gasteiger partial charge is 0.424 e. The summed E-state index contributed by atoms with van der Waals surface area (Å²) < 4.78 is 6.69. The van der Waals surface area contributed by atoms with E-state index < -0.39 is 28.9 Å². The normalized spacial score (nSPS) is 25.4. The third kappa shape index (κ3) is 2.43. The number of fused-ring (bicyclic) bond motifs is 1. The molecule has 8 heteroatoms. The molecule has 94 valence electrons. The van der Waals surface area contributed by atoms with Gasteiger partial charge in [0.2, 0.25) is 0 Å². The monoisotopic (exact) mass is 276 g/mol. The second-order valence-corrected chi connectivity index (χ2v) is 6.93. The van der Waals surface area contributed by atoms with Crippen molar-refractivity contribution in [2.45, 2.75) is 31.7 Å². The third-order valence-corrected chi connectivity index (χ3v) is 4.81. The lowest BCUT2D eigenvalue weighted by atomic mass is 10.2. The molecule has 0 N–H and O–H groups in total. The SMILES string of the molecule is CC(C)(C)OC(=O)N1C(=O)CN2SSC2C1=O. The van der Waals surface area contributed by atoms with Crippen molar-refractivity contribution in [2.75, 3.05) is 6.54 Å². The lowest BCUT2D eigenvalue weighted by Gasteiger charge is -2.42. The van der Waals surface area contributed by atoms with Gasteiger partial charge in [-0.15, -0.1) is 0 Å². The zero-order chi connectivity index (χ0) is 12.8. The quantitative estimate of drug-likeness (QED) is 0.374. The van der Waals surface area contributed by atoms with E-state index in [1.165, 1.54) is 21.8 Å². The summed E-state index contributed by atoms with van der Waals surface area (Å²) >= 11 is 0. The largest absolute Gasteiger partial charge is 0.443 e. The zero-order valence-corrected chi connectivity index (χ0v) is 11.3. The van der Waals surface area contributed by atoms with Gasteiger partial charge in [0.05, 0.1) is 6.54 Å². The Kier molecular flexibility index (Phi) is 3.13. The Balaban J connectivity index is 2.11. The number of rotatable bonds is 0. The van der Waals surface area contributed by atoms with Gasteiger partial charge in [-0.3, -0.25) is 9.59 Å². The van der Waals surface area contributed by atoms with Crippen LogP contribution >= 0.6 is 21.8 Å². The van der Waals surface area contributed by atoms with Crippen LogP contribution in [0.4, 0.5) is 4.79 Å². The summed E-state index contributed by atoms with van der Waals surface area (Å²) in [7, 11) is 2.68. The minimum atomic E-state index is -0.885. The minimum absolute atomic E-state index is 0.0628. The van der Waals surface area contributed by atoms with Gasteiger partial charge < -0.3 is 4.74 Å². The number of piperazine rings is 1. The van der Waals surface area contributed by atoms with Crippen LogP contribution in [0.2, 0.25) is 0 Å². The molecule has 1 atom stereocenters. The predicted octanol–water partition coefficient (Wildman–Crippen LogP) is 1.23. The zero-order valence-electron chi connectivity index (χ0n) is 9.63. The van der Waals surface area contributed by atoms with Gasteiger partial charge in [-0.05, 0) is 42.5 Å². The molecule has 0 spiro atoms. The molecule has 0 radical (unpaired) electrons. The fraction of sp³-hybridized carbons (Fsp3) is 0.667. The van der Waals surface area contributed by atoms with Crippen molar-refractivity contribution in [2.24, 2.45) is 0 Å². The van der Waals surface area contributed by atoms with Crippen molar-refractivity contribution < 1.29 is 19.1 Å². The molecule has 6 nitrogen and oxygen atoms in total. The number of hydrogen-bond donors (Lipinski definition) is 0. The molecule has 0 aromatic carbocycles. The van der Waals surface area contributed by atoms with E-state index in [2.05, 4.69) is 0 Å². The van der Waals surface area contributed by atoms with Gasteiger partial charge in [0.15, 0.2) is 5.37 Å². The summed E-state index contributed by atoms with van der Waals surface area (Å²) in [6, 6.07) is 0. The Morgan fingerprint density at radius 1 is 1.41 bits per heavy atom. The van der Waals surface area contributed by atoms with Gasteiger partial charge in [-0.1, -0.05) is 0 Å². The van der Waals surface area contributed by atoms with Crippen molar-refractivity contribution in [3.63, 3.8) is 0 Å². The molecule has 0 bridgehead atoms. The highest BCUT2D eigenvalue weighted by Crippen LogP contribution is 2.48. The second-order valence-electron chi connectivity index (χ2n) is 4.65. The van der Waals surface area contributed by atoms with Gasteiger partial charge in [-0.25, -0.2) is 9.10 Å². The lowest BCUT2D eigenvalue weighted by molar-refractivity contribution is -0.148. The number of hydrogen-bond acceptors (Lipinski definition) is 7. The van der Waals surface area contributed by atoms with Crippen LogP contribution in [0.25, 0.3) is 0 Å². The summed E-state index contributed by atoms with van der Waals surface area (Å²) in [6.45, 7) is 5.12. The first kappa shape index (κ1) is 12.7. The average Bonchev–Trinajstić information content (AvgIpc) is 2.07. The van der Waals surface area contributed by atoms with Gasteiger partial charge in [-0.2, -0.15) is 4.90 Å². The van der Waals surface area contributed by atoms with Crippen LogP contribution in [0.5, 0.6) is 0 Å². The standard InChI is InChI=1S/C9H12N2O4S2/c1-9(2,3)15-8(14)11-5(12)4-10-7(6(11)13)16-17-10/h7H,4H2,1-3H3. The topological polar surface area (TPSA) is 66.9 Å². The highest BCUT2D eigenvalue weighted by atomic mass is 33.1. The molecule has 0 aliphatic carbocycles. The van der Waals surface area contributed by atoms with Crippen molar-refractivity contribution in [1.82, 2.24) is 9.21 Å². The Labute approximate surface area is 107 Å². The lowest BCUT2D eigenvalue weighted by Crippen LogP contribution is -2.61. The molecular weight excluding hydrogens is 264 g/mol. The first-order chi connectivity index (χ1) is 7.79. The first-order valence-electron chi connectivity index (χ1n) is 4.99. The van der Waals surface area contributed by atoms with Gasteiger partial charge in [0.1, 0.15) is 5.60 Å². The van der Waals surface area contributed by atoms with E-state index in [0.29, 0.717) is 4.90 Å². The molecule has 1 unspecified atom stereocenters. The molecule has 2 fully saturated rings. The molecule has 0 saturated carbocycles. The molecule has 17 heavy (non-hydrogen) atoms. The van der Waals surface area contributed by atoms with E-state index in [4.69, 9.17) is 4.74 Å². The maximum Gasteiger partial charge on any atom is 0.424 e. The highest BCUT2D eigenvalue weighted by molar-refractivity contribution is 8.78. The van der Waals surface area contributed by atoms with E-state index in [1.807, 2.05) is 0 Å². The number of imide groups is 3. The first-order valence-corrected chi connectivity index (χ1v) is 7.16. The van der Waals surface area contributed by atoms with Gasteiger partial charge in [0, 0.05) is 0 Å². The maximum absolute atomic E-state index is 11.9. The summed E-state index contributed by atoms with van der Waals surface area (Å²) in [5, 5.41) is -0.440. The highest BCUT2D eigenvalue weighted by Gasteiger charge is 2.50. The summed E-state index contributed by atoms with van der Waals surface area (Å²) in [5.74, 6) is -1.05. The van der Waals surface area contributed by atoms with Crippen molar-refractivity contribution in [3.8, 4) is 0 Å². The van der Waals surface area contributed by atoms with Crippen LogP contribution in [0, 0.1) is 0 Å². The van der Waals surface area contributed by atoms with E-state index in [9.17, 15) is 14.4 Å². The van der Waals surface area contributed by atoms with E-state index >= 15 is 0 Å². The summed E-state index contributed by atoms with van der Waals surface area (Å²) in [4.78, 5) is 35.9. The fourth-order valence-corrected chi connectivity index (χ4v) is 3.45. The summed E-state index contributed by atoms with van der Waals surface area (Å²) in [6.07, 6.45) is -0.885. The van der Waals surface area contributed by atoms with Crippen LogP contribution < -0.4 is 0 Å². The summed E-state index contributed by atoms with van der Waals surface area (Å²) in [5.41, 5.74) is -0.726. The van der Waals surface area contributed by atoms with Gasteiger partial charge in [0.25, 0.3) is 11.8 Å². The number of carbonyl (C=O) groups excluding carboxylic acids is 3. The molecular formula is C9H12N2O4S2. The Morgan fingerprint density at radius 2 is 2.06 bits per heavy atom. The minimum Gasteiger partial charge on any atom is -0.443 e. The molecule has 3 amide bonds. The third-order valence-electron chi connectivity index (χ3n) is 2.04. The number of nitrogens with zero attached hydrogens (tertiary/aromatic N) is 2. The van der Waals surface area contributed by atoms with Crippen molar-refractivity contribution in [1.29, 1.82) is 0 Å². The van der Waals surface area contributed by atoms with E-state index in [1.54, 1.807) is 25.1 Å². The molecule has 2 aliphatic heterocycles.